The van der Waals surface area contributed by atoms with Crippen molar-refractivity contribution in [3.05, 3.63) is 102 Å². The Kier molecular flexibility index (Phi) is 7.81. The topological polar surface area (TPSA) is 66.8 Å². The molecule has 5 nitrogen and oxygen atoms in total. The first-order chi connectivity index (χ1) is 17.0. The average Bonchev–Trinajstić information content (AvgIpc) is 3.40. The molecule has 3 aromatic rings. The van der Waals surface area contributed by atoms with Crippen molar-refractivity contribution >= 4 is 23.6 Å². The Morgan fingerprint density at radius 1 is 0.971 bits per heavy atom. The molecule has 0 aliphatic carbocycles. The van der Waals surface area contributed by atoms with Crippen LogP contribution in [-0.4, -0.2) is 47.3 Å². The van der Waals surface area contributed by atoms with Crippen molar-refractivity contribution in [2.24, 2.45) is 5.92 Å². The van der Waals surface area contributed by atoms with Crippen LogP contribution in [0.4, 0.5) is 0 Å². The second kappa shape index (κ2) is 11.0. The van der Waals surface area contributed by atoms with E-state index < -0.39 is 16.8 Å². The van der Waals surface area contributed by atoms with E-state index in [4.69, 9.17) is 4.74 Å². The van der Waals surface area contributed by atoms with Crippen LogP contribution in [0.25, 0.3) is 0 Å². The summed E-state index contributed by atoms with van der Waals surface area (Å²) in [5, 5.41) is 9.55. The second-order valence-corrected chi connectivity index (χ2v) is 10.1. The summed E-state index contributed by atoms with van der Waals surface area (Å²) >= 11 is 1.71. The molecule has 2 atom stereocenters. The second-order valence-electron chi connectivity index (χ2n) is 8.88. The van der Waals surface area contributed by atoms with Gasteiger partial charge in [0.15, 0.2) is 0 Å². The summed E-state index contributed by atoms with van der Waals surface area (Å²) in [4.78, 5) is 26.5. The number of aliphatic carboxylic acids is 1. The summed E-state index contributed by atoms with van der Waals surface area (Å²) in [6, 6.07) is 28.0. The highest BCUT2D eigenvalue weighted by Crippen LogP contribution is 2.49. The zero-order chi connectivity index (χ0) is 24.8. The van der Waals surface area contributed by atoms with Gasteiger partial charge in [-0.3, -0.25) is 4.79 Å². The molecule has 1 heterocycles. The predicted molar refractivity (Wildman–Crippen MR) is 140 cm³/mol. The number of benzene rings is 3. The molecular formula is C29H31NO4S. The highest BCUT2D eigenvalue weighted by atomic mass is 32.2. The van der Waals surface area contributed by atoms with E-state index in [0.29, 0.717) is 18.7 Å². The Labute approximate surface area is 211 Å². The molecule has 4 rings (SSSR count). The quantitative estimate of drug-likeness (QED) is 0.406. The van der Waals surface area contributed by atoms with Gasteiger partial charge < -0.3 is 14.7 Å². The lowest BCUT2D eigenvalue weighted by atomic mass is 9.84. The number of hydrogen-bond donors (Lipinski definition) is 1. The van der Waals surface area contributed by atoms with Crippen LogP contribution in [0.2, 0.25) is 0 Å². The lowest BCUT2D eigenvalue weighted by Gasteiger charge is -2.36. The number of likely N-dealkylation sites (tertiary alicyclic amines) is 1. The average molecular weight is 490 g/mol. The zero-order valence-corrected chi connectivity index (χ0v) is 20.9. The van der Waals surface area contributed by atoms with Gasteiger partial charge in [-0.15, -0.1) is 11.8 Å². The summed E-state index contributed by atoms with van der Waals surface area (Å²) in [5.41, 5.74) is 3.32. The molecule has 0 bridgehead atoms. The number of ether oxygens (including phenoxy) is 1. The van der Waals surface area contributed by atoms with Crippen molar-refractivity contribution in [3.8, 4) is 5.75 Å². The van der Waals surface area contributed by atoms with Crippen LogP contribution in [0.5, 0.6) is 5.75 Å². The zero-order valence-electron chi connectivity index (χ0n) is 20.1. The molecule has 3 aromatic carbocycles. The van der Waals surface area contributed by atoms with Crippen LogP contribution in [0, 0.1) is 5.92 Å². The number of amides is 1. The van der Waals surface area contributed by atoms with E-state index in [1.54, 1.807) is 23.8 Å². The SMILES string of the molecule is COc1ccc(C(SC[C@@H](C)C(=O)N2CCC[C@H]2C(=O)O)(c2ccccc2)c2ccccc2)cc1. The first kappa shape index (κ1) is 24.9. The van der Waals surface area contributed by atoms with Gasteiger partial charge in [0.05, 0.1) is 11.9 Å². The van der Waals surface area contributed by atoms with Crippen LogP contribution >= 0.6 is 11.8 Å². The van der Waals surface area contributed by atoms with Crippen LogP contribution < -0.4 is 4.74 Å². The number of carbonyl (C=O) groups is 2. The van der Waals surface area contributed by atoms with E-state index in [0.717, 1.165) is 28.9 Å². The fourth-order valence-electron chi connectivity index (χ4n) is 4.81. The molecule has 0 aromatic heterocycles. The molecule has 1 aliphatic rings. The molecule has 35 heavy (non-hydrogen) atoms. The Morgan fingerprint density at radius 2 is 1.51 bits per heavy atom. The van der Waals surface area contributed by atoms with Gasteiger partial charge in [0.1, 0.15) is 11.8 Å². The third-order valence-corrected chi connectivity index (χ3v) is 8.46. The number of nitrogens with zero attached hydrogens (tertiary/aromatic N) is 1. The number of hydrogen-bond acceptors (Lipinski definition) is 4. The van der Waals surface area contributed by atoms with E-state index >= 15 is 0 Å². The van der Waals surface area contributed by atoms with E-state index in [1.807, 2.05) is 55.5 Å². The number of carbonyl (C=O) groups excluding carboxylic acids is 1. The Morgan fingerprint density at radius 3 is 2.03 bits per heavy atom. The number of rotatable bonds is 9. The summed E-state index contributed by atoms with van der Waals surface area (Å²) in [6.45, 7) is 2.41. The molecule has 1 fully saturated rings. The molecule has 6 heteroatoms. The van der Waals surface area contributed by atoms with Gasteiger partial charge in [-0.05, 0) is 41.7 Å². The van der Waals surface area contributed by atoms with Crippen molar-refractivity contribution < 1.29 is 19.4 Å². The normalized spacial score (nSPS) is 16.6. The number of carboxylic acids is 1. The van der Waals surface area contributed by atoms with Gasteiger partial charge in [-0.25, -0.2) is 4.79 Å². The first-order valence-electron chi connectivity index (χ1n) is 11.9. The fourth-order valence-corrected chi connectivity index (χ4v) is 6.36. The minimum Gasteiger partial charge on any atom is -0.497 e. The Hall–Kier alpha value is -3.25. The van der Waals surface area contributed by atoms with Gasteiger partial charge >= 0.3 is 5.97 Å². The van der Waals surface area contributed by atoms with E-state index in [9.17, 15) is 14.7 Å². The molecule has 0 spiro atoms. The maximum Gasteiger partial charge on any atom is 0.326 e. The summed E-state index contributed by atoms with van der Waals surface area (Å²) in [6.07, 6.45) is 1.25. The fraction of sp³-hybridized carbons (Fsp3) is 0.310. The van der Waals surface area contributed by atoms with Gasteiger partial charge in [0.2, 0.25) is 5.91 Å². The first-order valence-corrected chi connectivity index (χ1v) is 12.9. The highest BCUT2D eigenvalue weighted by Gasteiger charge is 2.40. The maximum atomic E-state index is 13.3. The Balaban J connectivity index is 1.73. The largest absolute Gasteiger partial charge is 0.497 e. The smallest absolute Gasteiger partial charge is 0.326 e. The van der Waals surface area contributed by atoms with Gasteiger partial charge in [-0.1, -0.05) is 79.7 Å². The van der Waals surface area contributed by atoms with Crippen LogP contribution in [0.3, 0.4) is 0 Å². The molecule has 0 radical (unpaired) electrons. The van der Waals surface area contributed by atoms with Crippen molar-refractivity contribution in [1.29, 1.82) is 0 Å². The monoisotopic (exact) mass is 489 g/mol. The molecule has 0 unspecified atom stereocenters. The number of thioether (sulfide) groups is 1. The van der Waals surface area contributed by atoms with E-state index in [1.165, 1.54) is 0 Å². The highest BCUT2D eigenvalue weighted by molar-refractivity contribution is 8.00. The Bertz CT molecular complexity index is 1090. The third-order valence-electron chi connectivity index (χ3n) is 6.65. The molecule has 1 aliphatic heterocycles. The molecule has 1 N–H and O–H groups in total. The van der Waals surface area contributed by atoms with Crippen LogP contribution in [0.15, 0.2) is 84.9 Å². The van der Waals surface area contributed by atoms with E-state index in [-0.39, 0.29) is 11.8 Å². The number of carboxylic acid groups (broad SMARTS) is 1. The van der Waals surface area contributed by atoms with Crippen molar-refractivity contribution in [2.75, 3.05) is 19.4 Å². The summed E-state index contributed by atoms with van der Waals surface area (Å²) < 4.78 is 4.85. The molecule has 1 saturated heterocycles. The number of methoxy groups -OCH3 is 1. The molecule has 182 valence electrons. The van der Waals surface area contributed by atoms with Gasteiger partial charge in [0, 0.05) is 18.2 Å². The summed E-state index contributed by atoms with van der Waals surface area (Å²) in [5.74, 6) is -0.0163. The lowest BCUT2D eigenvalue weighted by molar-refractivity contribution is -0.149. The van der Waals surface area contributed by atoms with Gasteiger partial charge in [0.25, 0.3) is 0 Å². The van der Waals surface area contributed by atoms with Crippen LogP contribution in [0.1, 0.15) is 36.5 Å². The predicted octanol–water partition coefficient (Wildman–Crippen LogP) is 5.43. The van der Waals surface area contributed by atoms with Crippen molar-refractivity contribution in [2.45, 2.75) is 30.6 Å². The molecule has 0 saturated carbocycles. The minimum absolute atomic E-state index is 0.0906. The lowest BCUT2D eigenvalue weighted by Crippen LogP contribution is -2.43. The summed E-state index contributed by atoms with van der Waals surface area (Å²) in [7, 11) is 1.65. The van der Waals surface area contributed by atoms with E-state index in [2.05, 4.69) is 36.4 Å². The standard InChI is InChI=1S/C29H31NO4S/c1-21(27(31)30-19-9-14-26(30)28(32)33)20-35-29(22-10-5-3-6-11-22,23-12-7-4-8-13-23)24-15-17-25(34-2)18-16-24/h3-8,10-13,15-18,21,26H,9,14,19-20H2,1-2H3,(H,32,33)/t21-,26+/m1/s1. The molecular weight excluding hydrogens is 458 g/mol. The van der Waals surface area contributed by atoms with Crippen LogP contribution in [-0.2, 0) is 14.3 Å². The molecule has 1 amide bonds. The maximum absolute atomic E-state index is 13.3. The third kappa shape index (κ3) is 5.08. The van der Waals surface area contributed by atoms with Crippen molar-refractivity contribution in [1.82, 2.24) is 4.90 Å². The van der Waals surface area contributed by atoms with Crippen molar-refractivity contribution in [3.63, 3.8) is 0 Å². The van der Waals surface area contributed by atoms with Gasteiger partial charge in [-0.2, -0.15) is 0 Å². The minimum atomic E-state index is -0.920.